The molecule has 0 unspecified atom stereocenters. The van der Waals surface area contributed by atoms with Crippen molar-refractivity contribution in [2.45, 2.75) is 26.9 Å². The van der Waals surface area contributed by atoms with E-state index < -0.39 is 0 Å². The van der Waals surface area contributed by atoms with Crippen LogP contribution in [0, 0.1) is 6.92 Å². The molecular formula is C10H16N2. The maximum absolute atomic E-state index is 2.48. The zero-order valence-electron chi connectivity index (χ0n) is 7.88. The molecule has 0 radical (unpaired) electrons. The van der Waals surface area contributed by atoms with E-state index in [-0.39, 0.29) is 0 Å². The third-order valence-corrected chi connectivity index (χ3v) is 2.76. The average molecular weight is 164 g/mol. The molecule has 1 aliphatic rings. The normalized spacial score (nSPS) is 17.8. The summed E-state index contributed by atoms with van der Waals surface area (Å²) < 4.78 is 2.42. The Kier molecular flexibility index (Phi) is 1.93. The van der Waals surface area contributed by atoms with Crippen LogP contribution < -0.4 is 0 Å². The lowest BCUT2D eigenvalue weighted by atomic mass is 10.3. The smallest absolute Gasteiger partial charge is 0.0387 e. The van der Waals surface area contributed by atoms with Gasteiger partial charge >= 0.3 is 0 Å². The Labute approximate surface area is 73.8 Å². The Hall–Kier alpha value is -0.760. The maximum Gasteiger partial charge on any atom is 0.0387 e. The van der Waals surface area contributed by atoms with Crippen molar-refractivity contribution in [1.82, 2.24) is 9.47 Å². The molecule has 2 rings (SSSR count). The van der Waals surface area contributed by atoms with Gasteiger partial charge < -0.3 is 4.57 Å². The van der Waals surface area contributed by atoms with E-state index in [1.807, 2.05) is 0 Å². The van der Waals surface area contributed by atoms with E-state index in [1.54, 1.807) is 0 Å². The van der Waals surface area contributed by atoms with Gasteiger partial charge in [-0.25, -0.2) is 0 Å². The van der Waals surface area contributed by atoms with Crippen LogP contribution in [0.1, 0.15) is 18.3 Å². The van der Waals surface area contributed by atoms with E-state index in [2.05, 4.69) is 35.4 Å². The van der Waals surface area contributed by atoms with Crippen molar-refractivity contribution in [3.05, 3.63) is 23.5 Å². The molecule has 0 saturated carbocycles. The number of rotatable bonds is 1. The van der Waals surface area contributed by atoms with Crippen LogP contribution in [0.25, 0.3) is 0 Å². The van der Waals surface area contributed by atoms with Gasteiger partial charge in [-0.3, -0.25) is 4.90 Å². The summed E-state index contributed by atoms with van der Waals surface area (Å²) in [4.78, 5) is 2.48. The average Bonchev–Trinajstić information content (AvgIpc) is 2.47. The predicted molar refractivity (Wildman–Crippen MR) is 50.1 cm³/mol. The largest absolute Gasteiger partial charge is 0.346 e. The zero-order valence-corrected chi connectivity index (χ0v) is 7.88. The number of fused-ring (bicyclic) bond motifs is 1. The van der Waals surface area contributed by atoms with E-state index in [0.717, 1.165) is 6.54 Å². The highest BCUT2D eigenvalue weighted by Crippen LogP contribution is 2.15. The molecule has 0 spiro atoms. The van der Waals surface area contributed by atoms with Gasteiger partial charge in [-0.2, -0.15) is 0 Å². The van der Waals surface area contributed by atoms with Gasteiger partial charge in [0.25, 0.3) is 0 Å². The number of likely N-dealkylation sites (N-methyl/N-ethyl adjacent to an activating group) is 1. The quantitative estimate of drug-likeness (QED) is 0.612. The molecule has 0 aromatic carbocycles. The highest BCUT2D eigenvalue weighted by molar-refractivity contribution is 5.16. The first-order valence-electron chi connectivity index (χ1n) is 4.68. The predicted octanol–water partition coefficient (Wildman–Crippen LogP) is 1.63. The first-order chi connectivity index (χ1) is 5.81. The van der Waals surface area contributed by atoms with E-state index in [9.17, 15) is 0 Å². The van der Waals surface area contributed by atoms with Gasteiger partial charge in [0, 0.05) is 31.0 Å². The standard InChI is InChI=1S/C10H16N2/c1-3-11-6-7-12-9(2)4-5-10(12)8-11/h4-5H,3,6-8H2,1-2H3. The minimum Gasteiger partial charge on any atom is -0.346 e. The summed E-state index contributed by atoms with van der Waals surface area (Å²) in [6.45, 7) is 9.09. The first-order valence-corrected chi connectivity index (χ1v) is 4.68. The van der Waals surface area contributed by atoms with Crippen LogP contribution in [0.2, 0.25) is 0 Å². The second-order valence-corrected chi connectivity index (χ2v) is 3.49. The minimum absolute atomic E-state index is 1.13. The van der Waals surface area contributed by atoms with E-state index >= 15 is 0 Å². The van der Waals surface area contributed by atoms with Crippen LogP contribution in [0.4, 0.5) is 0 Å². The minimum atomic E-state index is 1.13. The monoisotopic (exact) mass is 164 g/mol. The third-order valence-electron chi connectivity index (χ3n) is 2.76. The summed E-state index contributed by atoms with van der Waals surface area (Å²) >= 11 is 0. The lowest BCUT2D eigenvalue weighted by molar-refractivity contribution is 0.231. The molecule has 0 amide bonds. The van der Waals surface area contributed by atoms with Crippen molar-refractivity contribution in [1.29, 1.82) is 0 Å². The van der Waals surface area contributed by atoms with E-state index in [0.29, 0.717) is 0 Å². The first kappa shape index (κ1) is 7.87. The number of hydrogen-bond acceptors (Lipinski definition) is 1. The topological polar surface area (TPSA) is 8.17 Å². The Morgan fingerprint density at radius 3 is 2.92 bits per heavy atom. The van der Waals surface area contributed by atoms with Crippen molar-refractivity contribution < 1.29 is 0 Å². The summed E-state index contributed by atoms with van der Waals surface area (Å²) in [5.41, 5.74) is 2.88. The Balaban J connectivity index is 2.24. The van der Waals surface area contributed by atoms with Crippen molar-refractivity contribution in [2.24, 2.45) is 0 Å². The molecule has 66 valence electrons. The molecule has 2 nitrogen and oxygen atoms in total. The Bertz CT molecular complexity index is 275. The molecule has 2 heteroatoms. The van der Waals surface area contributed by atoms with Crippen LogP contribution in [-0.4, -0.2) is 22.6 Å². The van der Waals surface area contributed by atoms with Gasteiger partial charge in [0.2, 0.25) is 0 Å². The van der Waals surface area contributed by atoms with Crippen molar-refractivity contribution >= 4 is 0 Å². The summed E-state index contributed by atoms with van der Waals surface area (Å²) in [5.74, 6) is 0. The summed E-state index contributed by atoms with van der Waals surface area (Å²) in [6.07, 6.45) is 0. The molecule has 0 N–H and O–H groups in total. The molecule has 0 aliphatic carbocycles. The van der Waals surface area contributed by atoms with E-state index in [4.69, 9.17) is 0 Å². The van der Waals surface area contributed by atoms with Crippen LogP contribution in [-0.2, 0) is 13.1 Å². The van der Waals surface area contributed by atoms with Gasteiger partial charge in [0.1, 0.15) is 0 Å². The fraction of sp³-hybridized carbons (Fsp3) is 0.600. The lowest BCUT2D eigenvalue weighted by Gasteiger charge is -2.27. The maximum atomic E-state index is 2.48. The van der Waals surface area contributed by atoms with Crippen LogP contribution in [0.3, 0.4) is 0 Å². The van der Waals surface area contributed by atoms with Crippen molar-refractivity contribution in [3.8, 4) is 0 Å². The molecule has 1 aliphatic heterocycles. The molecule has 0 atom stereocenters. The fourth-order valence-corrected chi connectivity index (χ4v) is 1.90. The molecule has 1 aromatic heterocycles. The number of nitrogens with zero attached hydrogens (tertiary/aromatic N) is 2. The van der Waals surface area contributed by atoms with Crippen molar-refractivity contribution in [2.75, 3.05) is 13.1 Å². The molecule has 0 bridgehead atoms. The molecular weight excluding hydrogens is 148 g/mol. The highest BCUT2D eigenvalue weighted by Gasteiger charge is 2.14. The SMILES string of the molecule is CCN1CCn2c(C)ccc2C1. The number of aromatic nitrogens is 1. The van der Waals surface area contributed by atoms with Gasteiger partial charge in [-0.1, -0.05) is 6.92 Å². The van der Waals surface area contributed by atoms with Crippen LogP contribution in [0.15, 0.2) is 12.1 Å². The second kappa shape index (κ2) is 2.94. The number of aryl methyl sites for hydroxylation is 1. The highest BCUT2D eigenvalue weighted by atomic mass is 15.2. The van der Waals surface area contributed by atoms with Crippen LogP contribution in [0.5, 0.6) is 0 Å². The van der Waals surface area contributed by atoms with Crippen molar-refractivity contribution in [3.63, 3.8) is 0 Å². The molecule has 0 fully saturated rings. The molecule has 0 saturated heterocycles. The second-order valence-electron chi connectivity index (χ2n) is 3.49. The van der Waals surface area contributed by atoms with Gasteiger partial charge in [-0.05, 0) is 25.6 Å². The summed E-state index contributed by atoms with van der Waals surface area (Å²) in [6, 6.07) is 4.46. The third kappa shape index (κ3) is 1.16. The van der Waals surface area contributed by atoms with Gasteiger partial charge in [0.05, 0.1) is 0 Å². The molecule has 2 heterocycles. The fourth-order valence-electron chi connectivity index (χ4n) is 1.90. The van der Waals surface area contributed by atoms with Gasteiger partial charge in [-0.15, -0.1) is 0 Å². The van der Waals surface area contributed by atoms with Crippen LogP contribution >= 0.6 is 0 Å². The molecule has 12 heavy (non-hydrogen) atoms. The lowest BCUT2D eigenvalue weighted by Crippen LogP contribution is -2.33. The zero-order chi connectivity index (χ0) is 8.55. The Morgan fingerprint density at radius 1 is 1.33 bits per heavy atom. The summed E-state index contributed by atoms with van der Waals surface area (Å²) in [5, 5.41) is 0. The van der Waals surface area contributed by atoms with Gasteiger partial charge in [0.15, 0.2) is 0 Å². The molecule has 1 aromatic rings. The summed E-state index contributed by atoms with van der Waals surface area (Å²) in [7, 11) is 0. The number of hydrogen-bond donors (Lipinski definition) is 0. The van der Waals surface area contributed by atoms with E-state index in [1.165, 1.54) is 31.0 Å². The Morgan fingerprint density at radius 2 is 2.17 bits per heavy atom.